The van der Waals surface area contributed by atoms with Crippen molar-refractivity contribution in [1.29, 1.82) is 0 Å². The van der Waals surface area contributed by atoms with Gasteiger partial charge in [-0.3, -0.25) is 0 Å². The Bertz CT molecular complexity index is 606. The molecule has 0 saturated carbocycles. The maximum atomic E-state index is 10.7. The van der Waals surface area contributed by atoms with Crippen LogP contribution >= 0.6 is 0 Å². The highest BCUT2D eigenvalue weighted by Gasteiger charge is 2.37. The van der Waals surface area contributed by atoms with Gasteiger partial charge in [-0.05, 0) is 24.3 Å². The third-order valence-corrected chi connectivity index (χ3v) is 4.29. The van der Waals surface area contributed by atoms with Gasteiger partial charge in [0.1, 0.15) is 0 Å². The van der Waals surface area contributed by atoms with Crippen molar-refractivity contribution in [2.24, 2.45) is 19.3 Å². The zero-order valence-corrected chi connectivity index (χ0v) is 12.2. The first kappa shape index (κ1) is 13.9. The fourth-order valence-electron chi connectivity index (χ4n) is 3.14. The molecule has 21 heavy (non-hydrogen) atoms. The van der Waals surface area contributed by atoms with Crippen LogP contribution < -0.4 is 0 Å². The predicted molar refractivity (Wildman–Crippen MR) is 78.4 cm³/mol. The summed E-state index contributed by atoms with van der Waals surface area (Å²) in [4.78, 5) is 0. The molecule has 1 saturated heterocycles. The molecule has 0 aliphatic carbocycles. The number of rotatable bonds is 2. The minimum atomic E-state index is -0.218. The summed E-state index contributed by atoms with van der Waals surface area (Å²) in [5.74, 6) is 0. The minimum absolute atomic E-state index is 0.218. The Balaban J connectivity index is 1.99. The fraction of sp³-hybridized carbons (Fsp3) is 0.400. The summed E-state index contributed by atoms with van der Waals surface area (Å²) < 4.78 is 3.96. The van der Waals surface area contributed by atoms with Crippen LogP contribution in [-0.2, 0) is 14.1 Å². The van der Waals surface area contributed by atoms with Crippen molar-refractivity contribution in [2.45, 2.75) is 24.9 Å². The average molecular weight is 288 g/mol. The van der Waals surface area contributed by atoms with E-state index in [9.17, 15) is 10.4 Å². The molecule has 0 spiro atoms. The van der Waals surface area contributed by atoms with Gasteiger partial charge in [0.2, 0.25) is 0 Å². The van der Waals surface area contributed by atoms with Gasteiger partial charge in [-0.25, -0.2) is 0 Å². The monoisotopic (exact) mass is 288 g/mol. The first-order valence-electron chi connectivity index (χ1n) is 7.01. The molecule has 1 aliphatic rings. The van der Waals surface area contributed by atoms with Crippen LogP contribution in [0.2, 0.25) is 0 Å². The summed E-state index contributed by atoms with van der Waals surface area (Å²) in [6.07, 6.45) is 4.94. The van der Waals surface area contributed by atoms with Crippen LogP contribution in [0.15, 0.2) is 41.8 Å². The fourth-order valence-corrected chi connectivity index (χ4v) is 3.14. The van der Waals surface area contributed by atoms with E-state index in [-0.39, 0.29) is 12.1 Å². The molecule has 0 aromatic carbocycles. The first-order valence-corrected chi connectivity index (χ1v) is 7.01. The molecule has 112 valence electrons. The van der Waals surface area contributed by atoms with Crippen molar-refractivity contribution in [3.05, 3.63) is 48.0 Å². The lowest BCUT2D eigenvalue weighted by Gasteiger charge is -2.38. The molecular formula is C15H20N4O2. The maximum absolute atomic E-state index is 10.7. The highest BCUT2D eigenvalue weighted by molar-refractivity contribution is 5.86. The lowest BCUT2D eigenvalue weighted by atomic mass is 9.92. The Hall–Kier alpha value is -2.05. The lowest BCUT2D eigenvalue weighted by molar-refractivity contribution is -0.170. The van der Waals surface area contributed by atoms with E-state index in [1.807, 2.05) is 59.9 Å². The molecule has 0 bridgehead atoms. The van der Waals surface area contributed by atoms with Crippen molar-refractivity contribution < 1.29 is 10.4 Å². The summed E-state index contributed by atoms with van der Waals surface area (Å²) in [7, 11) is 3.90. The Morgan fingerprint density at radius 2 is 1.48 bits per heavy atom. The van der Waals surface area contributed by atoms with Crippen molar-refractivity contribution in [1.82, 2.24) is 14.2 Å². The van der Waals surface area contributed by atoms with Crippen molar-refractivity contribution in [2.75, 3.05) is 0 Å². The van der Waals surface area contributed by atoms with Crippen molar-refractivity contribution in [3.8, 4) is 0 Å². The number of nitrogens with zero attached hydrogens (tertiary/aromatic N) is 4. The van der Waals surface area contributed by atoms with Crippen LogP contribution in [0.4, 0.5) is 0 Å². The van der Waals surface area contributed by atoms with E-state index in [4.69, 9.17) is 0 Å². The summed E-state index contributed by atoms with van der Waals surface area (Å²) in [6, 6.07) is 7.43. The normalized spacial score (nSPS) is 23.5. The average Bonchev–Trinajstić information content (AvgIpc) is 3.08. The minimum Gasteiger partial charge on any atom is -0.411 e. The van der Waals surface area contributed by atoms with Crippen LogP contribution in [0.3, 0.4) is 0 Å². The lowest BCUT2D eigenvalue weighted by Crippen LogP contribution is -2.39. The summed E-state index contributed by atoms with van der Waals surface area (Å²) in [5.41, 5.74) is 2.70. The van der Waals surface area contributed by atoms with Gasteiger partial charge < -0.3 is 19.5 Å². The number of hydrogen-bond donors (Lipinski definition) is 2. The smallest absolute Gasteiger partial charge is 0.0812 e. The number of hydroxylamine groups is 2. The topological polar surface area (TPSA) is 65.9 Å². The Kier molecular flexibility index (Phi) is 3.57. The molecule has 2 atom stereocenters. The molecule has 0 unspecified atom stereocenters. The van der Waals surface area contributed by atoms with E-state index in [1.54, 1.807) is 0 Å². The molecule has 3 rings (SSSR count). The van der Waals surface area contributed by atoms with Gasteiger partial charge >= 0.3 is 0 Å². The number of oxime groups is 1. The Morgan fingerprint density at radius 1 is 1.00 bits per heavy atom. The standard InChI is InChI=1S/C15H20N4O2/c1-17-7-3-5-12(17)14-9-11(16-20)10-15(19(14)21)13-6-4-8-18(13)2/h3-8,14-15,20-21H,9-10H2,1-2H3/t14-,15-/m0/s1. The summed E-state index contributed by atoms with van der Waals surface area (Å²) in [6.45, 7) is 0. The van der Waals surface area contributed by atoms with Crippen LogP contribution in [0.5, 0.6) is 0 Å². The van der Waals surface area contributed by atoms with Gasteiger partial charge in [0.05, 0.1) is 17.8 Å². The molecule has 6 nitrogen and oxygen atoms in total. The van der Waals surface area contributed by atoms with Crippen molar-refractivity contribution >= 4 is 5.71 Å². The van der Waals surface area contributed by atoms with E-state index < -0.39 is 0 Å². The van der Waals surface area contributed by atoms with E-state index >= 15 is 0 Å². The van der Waals surface area contributed by atoms with Gasteiger partial charge in [0, 0.05) is 50.7 Å². The Labute approximate surface area is 123 Å². The second kappa shape index (κ2) is 5.38. The number of aryl methyl sites for hydroxylation is 2. The van der Waals surface area contributed by atoms with Gasteiger partial charge in [0.25, 0.3) is 0 Å². The molecule has 1 fully saturated rings. The van der Waals surface area contributed by atoms with E-state index in [2.05, 4.69) is 5.16 Å². The SMILES string of the molecule is Cn1cccc1[C@@H]1CC(=NO)C[C@@H](c2cccn2C)N1O. The predicted octanol–water partition coefficient (Wildman–Crippen LogP) is 2.46. The second-order valence-corrected chi connectivity index (χ2v) is 5.57. The molecule has 2 aromatic heterocycles. The summed E-state index contributed by atoms with van der Waals surface area (Å²) >= 11 is 0. The van der Waals surface area contributed by atoms with Gasteiger partial charge in [-0.15, -0.1) is 0 Å². The van der Waals surface area contributed by atoms with Crippen molar-refractivity contribution in [3.63, 3.8) is 0 Å². The number of aromatic nitrogens is 2. The van der Waals surface area contributed by atoms with Crippen LogP contribution in [-0.4, -0.2) is 30.3 Å². The maximum Gasteiger partial charge on any atom is 0.0812 e. The zero-order chi connectivity index (χ0) is 15.0. The molecule has 0 radical (unpaired) electrons. The van der Waals surface area contributed by atoms with Gasteiger partial charge in [-0.2, -0.15) is 5.06 Å². The highest BCUT2D eigenvalue weighted by Crippen LogP contribution is 2.39. The van der Waals surface area contributed by atoms with Crippen LogP contribution in [0.1, 0.15) is 36.3 Å². The zero-order valence-electron chi connectivity index (χ0n) is 12.2. The third kappa shape index (κ3) is 2.36. The Morgan fingerprint density at radius 3 is 1.81 bits per heavy atom. The van der Waals surface area contributed by atoms with E-state index in [0.29, 0.717) is 18.6 Å². The molecule has 0 amide bonds. The molecule has 2 N–H and O–H groups in total. The number of piperidine rings is 1. The van der Waals surface area contributed by atoms with E-state index in [0.717, 1.165) is 11.4 Å². The van der Waals surface area contributed by atoms with E-state index in [1.165, 1.54) is 5.06 Å². The second-order valence-electron chi connectivity index (χ2n) is 5.57. The molecule has 2 aromatic rings. The summed E-state index contributed by atoms with van der Waals surface area (Å²) in [5, 5.41) is 24.7. The van der Waals surface area contributed by atoms with Crippen LogP contribution in [0.25, 0.3) is 0 Å². The molecule has 6 heteroatoms. The van der Waals surface area contributed by atoms with Crippen LogP contribution in [0, 0.1) is 0 Å². The molecular weight excluding hydrogens is 268 g/mol. The first-order chi connectivity index (χ1) is 10.1. The third-order valence-electron chi connectivity index (χ3n) is 4.29. The van der Waals surface area contributed by atoms with Gasteiger partial charge in [0.15, 0.2) is 0 Å². The molecule has 1 aliphatic heterocycles. The number of hydrogen-bond acceptors (Lipinski definition) is 4. The highest BCUT2D eigenvalue weighted by atomic mass is 16.5. The largest absolute Gasteiger partial charge is 0.411 e. The molecule has 3 heterocycles. The van der Waals surface area contributed by atoms with Gasteiger partial charge in [-0.1, -0.05) is 5.16 Å². The quantitative estimate of drug-likeness (QED) is 0.659.